The third-order valence-corrected chi connectivity index (χ3v) is 4.34. The lowest BCUT2D eigenvalue weighted by Gasteiger charge is -2.07. The standard InChI is InChI=1S/C19H21N3O3S/c1-14(23)21-16-7-9-17(10-8-16)26-12-11-18(24)22-19(25)20-13-15-5-3-2-4-6-15/h2-10H,11-13H2,1H3,(H,21,23)(H2,20,22,24,25). The first-order valence-electron chi connectivity index (χ1n) is 8.15. The fourth-order valence-electron chi connectivity index (χ4n) is 2.11. The van der Waals surface area contributed by atoms with Crippen molar-refractivity contribution in [1.82, 2.24) is 10.6 Å². The van der Waals surface area contributed by atoms with Crippen LogP contribution in [0.2, 0.25) is 0 Å². The molecule has 0 radical (unpaired) electrons. The maximum Gasteiger partial charge on any atom is 0.321 e. The van der Waals surface area contributed by atoms with Crippen LogP contribution >= 0.6 is 11.8 Å². The van der Waals surface area contributed by atoms with Crippen LogP contribution in [0.15, 0.2) is 59.5 Å². The summed E-state index contributed by atoms with van der Waals surface area (Å²) >= 11 is 1.51. The maximum absolute atomic E-state index is 11.8. The van der Waals surface area contributed by atoms with Gasteiger partial charge in [0, 0.05) is 36.2 Å². The molecule has 0 aliphatic rings. The summed E-state index contributed by atoms with van der Waals surface area (Å²) < 4.78 is 0. The second kappa shape index (κ2) is 10.2. The molecule has 0 fully saturated rings. The van der Waals surface area contributed by atoms with E-state index in [-0.39, 0.29) is 18.2 Å². The average Bonchev–Trinajstić information content (AvgIpc) is 2.62. The Morgan fingerprint density at radius 2 is 1.65 bits per heavy atom. The van der Waals surface area contributed by atoms with Gasteiger partial charge >= 0.3 is 6.03 Å². The number of carbonyl (C=O) groups is 3. The van der Waals surface area contributed by atoms with Crippen LogP contribution in [-0.2, 0) is 16.1 Å². The van der Waals surface area contributed by atoms with Crippen LogP contribution in [-0.4, -0.2) is 23.6 Å². The first kappa shape index (κ1) is 19.5. The van der Waals surface area contributed by atoms with Crippen molar-refractivity contribution in [1.29, 1.82) is 0 Å². The smallest absolute Gasteiger partial charge is 0.321 e. The Labute approximate surface area is 156 Å². The SMILES string of the molecule is CC(=O)Nc1ccc(SCCC(=O)NC(=O)NCc2ccccc2)cc1. The van der Waals surface area contributed by atoms with Gasteiger partial charge < -0.3 is 10.6 Å². The number of nitrogens with one attached hydrogen (secondary N) is 3. The molecule has 2 aromatic carbocycles. The molecule has 0 unspecified atom stereocenters. The fraction of sp³-hybridized carbons (Fsp3) is 0.211. The molecular weight excluding hydrogens is 350 g/mol. The van der Waals surface area contributed by atoms with Crippen molar-refractivity contribution in [2.75, 3.05) is 11.1 Å². The number of benzene rings is 2. The average molecular weight is 371 g/mol. The molecule has 6 nitrogen and oxygen atoms in total. The van der Waals surface area contributed by atoms with Crippen molar-refractivity contribution in [2.24, 2.45) is 0 Å². The van der Waals surface area contributed by atoms with E-state index >= 15 is 0 Å². The Morgan fingerprint density at radius 3 is 2.31 bits per heavy atom. The van der Waals surface area contributed by atoms with Gasteiger partial charge in [-0.2, -0.15) is 0 Å². The third kappa shape index (κ3) is 7.40. The molecule has 0 heterocycles. The van der Waals surface area contributed by atoms with Gasteiger partial charge in [-0.05, 0) is 29.8 Å². The van der Waals surface area contributed by atoms with E-state index < -0.39 is 6.03 Å². The van der Waals surface area contributed by atoms with Gasteiger partial charge in [-0.15, -0.1) is 11.8 Å². The number of hydrogen-bond acceptors (Lipinski definition) is 4. The summed E-state index contributed by atoms with van der Waals surface area (Å²) in [6, 6.07) is 16.3. The van der Waals surface area contributed by atoms with Gasteiger partial charge in [-0.3, -0.25) is 14.9 Å². The molecule has 3 N–H and O–H groups in total. The van der Waals surface area contributed by atoms with Gasteiger partial charge in [0.2, 0.25) is 11.8 Å². The summed E-state index contributed by atoms with van der Waals surface area (Å²) in [4.78, 5) is 35.5. The predicted octanol–water partition coefficient (Wildman–Crippen LogP) is 3.15. The van der Waals surface area contributed by atoms with Crippen LogP contribution in [0.1, 0.15) is 18.9 Å². The molecule has 0 aliphatic heterocycles. The summed E-state index contributed by atoms with van der Waals surface area (Å²) in [5, 5.41) is 7.66. The Hall–Kier alpha value is -2.80. The lowest BCUT2D eigenvalue weighted by atomic mass is 10.2. The summed E-state index contributed by atoms with van der Waals surface area (Å²) in [5.74, 6) is 0.114. The van der Waals surface area contributed by atoms with Crippen LogP contribution in [0.25, 0.3) is 0 Å². The van der Waals surface area contributed by atoms with Crippen molar-refractivity contribution in [3.8, 4) is 0 Å². The molecule has 0 atom stereocenters. The molecule has 26 heavy (non-hydrogen) atoms. The Morgan fingerprint density at radius 1 is 0.962 bits per heavy atom. The zero-order valence-corrected chi connectivity index (χ0v) is 15.3. The van der Waals surface area contributed by atoms with E-state index in [1.807, 2.05) is 42.5 Å². The van der Waals surface area contributed by atoms with Gasteiger partial charge in [0.1, 0.15) is 0 Å². The van der Waals surface area contributed by atoms with E-state index in [4.69, 9.17) is 0 Å². The van der Waals surface area contributed by atoms with Crippen molar-refractivity contribution < 1.29 is 14.4 Å². The van der Waals surface area contributed by atoms with E-state index in [0.29, 0.717) is 12.3 Å². The van der Waals surface area contributed by atoms with E-state index in [9.17, 15) is 14.4 Å². The minimum Gasteiger partial charge on any atom is -0.334 e. The summed E-state index contributed by atoms with van der Waals surface area (Å²) in [6.45, 7) is 1.83. The van der Waals surface area contributed by atoms with Gasteiger partial charge in [0.25, 0.3) is 0 Å². The molecule has 0 aromatic heterocycles. The van der Waals surface area contributed by atoms with E-state index in [0.717, 1.165) is 16.1 Å². The second-order valence-electron chi connectivity index (χ2n) is 5.52. The molecule has 0 saturated heterocycles. The quantitative estimate of drug-likeness (QED) is 0.653. The molecule has 2 rings (SSSR count). The van der Waals surface area contributed by atoms with Crippen LogP contribution in [0.4, 0.5) is 10.5 Å². The number of amides is 4. The zero-order valence-electron chi connectivity index (χ0n) is 14.5. The highest BCUT2D eigenvalue weighted by atomic mass is 32.2. The van der Waals surface area contributed by atoms with Crippen molar-refractivity contribution in [2.45, 2.75) is 24.8 Å². The van der Waals surface area contributed by atoms with E-state index in [2.05, 4.69) is 16.0 Å². The minimum absolute atomic E-state index is 0.118. The number of urea groups is 1. The van der Waals surface area contributed by atoms with Crippen LogP contribution in [0.5, 0.6) is 0 Å². The summed E-state index contributed by atoms with van der Waals surface area (Å²) in [7, 11) is 0. The van der Waals surface area contributed by atoms with E-state index in [1.54, 1.807) is 12.1 Å². The Balaban J connectivity index is 1.65. The predicted molar refractivity (Wildman–Crippen MR) is 103 cm³/mol. The van der Waals surface area contributed by atoms with Gasteiger partial charge in [-0.25, -0.2) is 4.79 Å². The molecule has 0 saturated carbocycles. The number of anilines is 1. The molecule has 4 amide bonds. The molecule has 0 spiro atoms. The Kier molecular flexibility index (Phi) is 7.70. The number of carbonyl (C=O) groups excluding carboxylic acids is 3. The maximum atomic E-state index is 11.8. The second-order valence-corrected chi connectivity index (χ2v) is 6.69. The monoisotopic (exact) mass is 371 g/mol. The van der Waals surface area contributed by atoms with Crippen molar-refractivity contribution in [3.63, 3.8) is 0 Å². The van der Waals surface area contributed by atoms with Crippen LogP contribution in [0.3, 0.4) is 0 Å². The largest absolute Gasteiger partial charge is 0.334 e. The lowest BCUT2D eigenvalue weighted by molar-refractivity contribution is -0.119. The van der Waals surface area contributed by atoms with Crippen LogP contribution < -0.4 is 16.0 Å². The van der Waals surface area contributed by atoms with Crippen LogP contribution in [0, 0.1) is 0 Å². The van der Waals surface area contributed by atoms with Gasteiger partial charge in [-0.1, -0.05) is 30.3 Å². The van der Waals surface area contributed by atoms with Crippen molar-refractivity contribution >= 4 is 35.3 Å². The zero-order chi connectivity index (χ0) is 18.8. The normalized spacial score (nSPS) is 10.0. The molecule has 7 heteroatoms. The molecule has 0 aliphatic carbocycles. The highest BCUT2D eigenvalue weighted by Gasteiger charge is 2.07. The third-order valence-electron chi connectivity index (χ3n) is 3.32. The number of hydrogen-bond donors (Lipinski definition) is 3. The number of imide groups is 1. The van der Waals surface area contributed by atoms with E-state index in [1.165, 1.54) is 18.7 Å². The van der Waals surface area contributed by atoms with Gasteiger partial charge in [0.05, 0.1) is 0 Å². The molecule has 0 bridgehead atoms. The topological polar surface area (TPSA) is 87.3 Å². The number of thioether (sulfide) groups is 1. The molecule has 136 valence electrons. The Bertz CT molecular complexity index is 748. The first-order chi connectivity index (χ1) is 12.5. The minimum atomic E-state index is -0.497. The van der Waals surface area contributed by atoms with Crippen molar-refractivity contribution in [3.05, 3.63) is 60.2 Å². The molecular formula is C19H21N3O3S. The first-order valence-corrected chi connectivity index (χ1v) is 9.13. The fourth-order valence-corrected chi connectivity index (χ4v) is 2.96. The number of rotatable bonds is 7. The summed E-state index contributed by atoms with van der Waals surface area (Å²) in [5.41, 5.74) is 1.70. The highest BCUT2D eigenvalue weighted by Crippen LogP contribution is 2.20. The summed E-state index contributed by atoms with van der Waals surface area (Å²) in [6.07, 6.45) is 0.233. The molecule has 2 aromatic rings. The lowest BCUT2D eigenvalue weighted by Crippen LogP contribution is -2.39. The van der Waals surface area contributed by atoms with Gasteiger partial charge in [0.15, 0.2) is 0 Å². The highest BCUT2D eigenvalue weighted by molar-refractivity contribution is 7.99.